The van der Waals surface area contributed by atoms with Gasteiger partial charge in [-0.15, -0.1) is 0 Å². The lowest BCUT2D eigenvalue weighted by Crippen LogP contribution is -2.35. The summed E-state index contributed by atoms with van der Waals surface area (Å²) >= 11 is 0. The number of hydrogen-bond donors (Lipinski definition) is 0. The molecule has 0 aliphatic carbocycles. The molecule has 0 N–H and O–H groups in total. The van der Waals surface area contributed by atoms with Gasteiger partial charge >= 0.3 is 5.97 Å². The summed E-state index contributed by atoms with van der Waals surface area (Å²) in [4.78, 5) is 24.4. The Kier molecular flexibility index (Phi) is 4.69. The molecule has 1 aromatic rings. The zero-order valence-corrected chi connectivity index (χ0v) is 10.4. The van der Waals surface area contributed by atoms with Crippen molar-refractivity contribution in [1.29, 1.82) is 0 Å². The molecule has 1 aromatic carbocycles. The fourth-order valence-electron chi connectivity index (χ4n) is 1.57. The number of nitrogens with zero attached hydrogens (tertiary/aromatic N) is 1. The number of carbonyl (C=O) groups excluding carboxylic acids is 2. The third-order valence-corrected chi connectivity index (χ3v) is 2.38. The van der Waals surface area contributed by atoms with Crippen LogP contribution in [0.5, 0.6) is 0 Å². The fraction of sp³-hybridized carbons (Fsp3) is 0.385. The predicted molar refractivity (Wildman–Crippen MR) is 65.8 cm³/mol. The van der Waals surface area contributed by atoms with Gasteiger partial charge < -0.3 is 9.64 Å². The average Bonchev–Trinajstić information content (AvgIpc) is 2.27. The van der Waals surface area contributed by atoms with E-state index < -0.39 is 5.97 Å². The number of rotatable bonds is 4. The van der Waals surface area contributed by atoms with Crippen molar-refractivity contribution in [3.8, 4) is 0 Å². The average molecular weight is 235 g/mol. The lowest BCUT2D eigenvalue weighted by atomic mass is 10.2. The summed E-state index contributed by atoms with van der Waals surface area (Å²) < 4.78 is 4.85. The van der Waals surface area contributed by atoms with Crippen LogP contribution < -0.4 is 4.90 Å². The first-order valence-electron chi connectivity index (χ1n) is 5.55. The highest BCUT2D eigenvalue weighted by molar-refractivity contribution is 5.96. The molecule has 0 saturated heterocycles. The Morgan fingerprint density at radius 2 is 1.94 bits per heavy atom. The fourth-order valence-corrected chi connectivity index (χ4v) is 1.57. The summed E-state index contributed by atoms with van der Waals surface area (Å²) in [6.07, 6.45) is 0. The zero-order valence-electron chi connectivity index (χ0n) is 10.4. The number of amides is 1. The smallest absolute Gasteiger partial charge is 0.326 e. The molecule has 0 unspecified atom stereocenters. The van der Waals surface area contributed by atoms with E-state index in [9.17, 15) is 9.59 Å². The van der Waals surface area contributed by atoms with Crippen LogP contribution in [0.3, 0.4) is 0 Å². The highest BCUT2D eigenvalue weighted by Gasteiger charge is 2.17. The number of ether oxygens (including phenoxy) is 1. The zero-order chi connectivity index (χ0) is 12.8. The van der Waals surface area contributed by atoms with Crippen molar-refractivity contribution in [3.63, 3.8) is 0 Å². The van der Waals surface area contributed by atoms with Crippen LogP contribution >= 0.6 is 0 Å². The first-order chi connectivity index (χ1) is 8.06. The van der Waals surface area contributed by atoms with E-state index in [4.69, 9.17) is 4.74 Å². The van der Waals surface area contributed by atoms with Crippen LogP contribution in [0.15, 0.2) is 24.3 Å². The molecule has 4 nitrogen and oxygen atoms in total. The van der Waals surface area contributed by atoms with Gasteiger partial charge in [-0.05, 0) is 25.5 Å². The van der Waals surface area contributed by atoms with Gasteiger partial charge in [0.05, 0.1) is 6.61 Å². The highest BCUT2D eigenvalue weighted by Crippen LogP contribution is 2.19. The molecular weight excluding hydrogens is 218 g/mol. The first-order valence-corrected chi connectivity index (χ1v) is 5.55. The molecule has 1 amide bonds. The van der Waals surface area contributed by atoms with Gasteiger partial charge in [-0.25, -0.2) is 0 Å². The highest BCUT2D eigenvalue weighted by atomic mass is 16.5. The Labute approximate surface area is 101 Å². The number of hydrogen-bond acceptors (Lipinski definition) is 3. The second-order valence-corrected chi connectivity index (χ2v) is 3.70. The first kappa shape index (κ1) is 13.2. The standard InChI is InChI=1S/C13H17NO3/c1-4-17-13(16)9-14(11(3)15)12-8-6-5-7-10(12)2/h5-8H,4,9H2,1-3H3. The summed E-state index contributed by atoms with van der Waals surface area (Å²) in [6.45, 7) is 5.35. The van der Waals surface area contributed by atoms with Crippen LogP contribution in [0, 0.1) is 6.92 Å². The van der Waals surface area contributed by atoms with Gasteiger partial charge in [-0.3, -0.25) is 9.59 Å². The maximum absolute atomic E-state index is 11.6. The SMILES string of the molecule is CCOC(=O)CN(C(C)=O)c1ccccc1C. The Morgan fingerprint density at radius 3 is 2.47 bits per heavy atom. The van der Waals surface area contributed by atoms with Crippen LogP contribution in [0.4, 0.5) is 5.69 Å². The van der Waals surface area contributed by atoms with E-state index in [1.54, 1.807) is 6.92 Å². The largest absolute Gasteiger partial charge is 0.465 e. The Balaban J connectivity index is 2.91. The van der Waals surface area contributed by atoms with E-state index in [1.165, 1.54) is 11.8 Å². The van der Waals surface area contributed by atoms with Crippen LogP contribution in [0.1, 0.15) is 19.4 Å². The minimum absolute atomic E-state index is 0.0476. The van der Waals surface area contributed by atoms with E-state index >= 15 is 0 Å². The van der Waals surface area contributed by atoms with Crippen LogP contribution in [-0.2, 0) is 14.3 Å². The molecule has 0 atom stereocenters. The normalized spacial score (nSPS) is 9.82. The van der Waals surface area contributed by atoms with Crippen molar-refractivity contribution in [3.05, 3.63) is 29.8 Å². The molecule has 0 bridgehead atoms. The lowest BCUT2D eigenvalue weighted by Gasteiger charge is -2.21. The molecular formula is C13H17NO3. The van der Waals surface area contributed by atoms with E-state index in [-0.39, 0.29) is 12.5 Å². The van der Waals surface area contributed by atoms with Crippen molar-refractivity contribution in [1.82, 2.24) is 0 Å². The number of benzene rings is 1. The summed E-state index contributed by atoms with van der Waals surface area (Å²) in [7, 11) is 0. The topological polar surface area (TPSA) is 46.6 Å². The van der Waals surface area contributed by atoms with Gasteiger partial charge in [0.1, 0.15) is 6.54 Å². The van der Waals surface area contributed by atoms with Crippen molar-refractivity contribution >= 4 is 17.6 Å². The van der Waals surface area contributed by atoms with Gasteiger partial charge in [-0.2, -0.15) is 0 Å². The number of anilines is 1. The molecule has 4 heteroatoms. The second kappa shape index (κ2) is 6.03. The summed E-state index contributed by atoms with van der Waals surface area (Å²) in [6, 6.07) is 7.44. The quantitative estimate of drug-likeness (QED) is 0.749. The van der Waals surface area contributed by atoms with E-state index in [0.29, 0.717) is 6.61 Å². The molecule has 0 fully saturated rings. The Hall–Kier alpha value is -1.84. The molecule has 0 radical (unpaired) electrons. The van der Waals surface area contributed by atoms with Gasteiger partial charge in [0.25, 0.3) is 0 Å². The minimum atomic E-state index is -0.397. The van der Waals surface area contributed by atoms with Crippen molar-refractivity contribution in [2.24, 2.45) is 0 Å². The number of esters is 1. The van der Waals surface area contributed by atoms with Gasteiger partial charge in [0, 0.05) is 12.6 Å². The summed E-state index contributed by atoms with van der Waals surface area (Å²) in [5.74, 6) is -0.571. The van der Waals surface area contributed by atoms with Gasteiger partial charge in [0.2, 0.25) is 5.91 Å². The molecule has 0 aromatic heterocycles. The molecule has 0 saturated carbocycles. The van der Waals surface area contributed by atoms with Gasteiger partial charge in [-0.1, -0.05) is 18.2 Å². The molecule has 1 rings (SSSR count). The van der Waals surface area contributed by atoms with Crippen LogP contribution in [-0.4, -0.2) is 25.0 Å². The van der Waals surface area contributed by atoms with Crippen molar-refractivity contribution in [2.45, 2.75) is 20.8 Å². The Bertz CT molecular complexity index is 415. The third-order valence-electron chi connectivity index (χ3n) is 2.38. The van der Waals surface area contributed by atoms with Crippen LogP contribution in [0.25, 0.3) is 0 Å². The number of aryl methyl sites for hydroxylation is 1. The second-order valence-electron chi connectivity index (χ2n) is 3.70. The summed E-state index contributed by atoms with van der Waals surface area (Å²) in [5, 5.41) is 0. The molecule has 0 heterocycles. The minimum Gasteiger partial charge on any atom is -0.465 e. The van der Waals surface area contributed by atoms with Crippen LogP contribution in [0.2, 0.25) is 0 Å². The molecule has 17 heavy (non-hydrogen) atoms. The monoisotopic (exact) mass is 235 g/mol. The van der Waals surface area contributed by atoms with E-state index in [0.717, 1.165) is 11.3 Å². The number of para-hydroxylation sites is 1. The third kappa shape index (κ3) is 3.59. The number of carbonyl (C=O) groups is 2. The lowest BCUT2D eigenvalue weighted by molar-refractivity contribution is -0.142. The molecule has 92 valence electrons. The maximum Gasteiger partial charge on any atom is 0.326 e. The maximum atomic E-state index is 11.6. The van der Waals surface area contributed by atoms with E-state index in [2.05, 4.69) is 0 Å². The Morgan fingerprint density at radius 1 is 1.29 bits per heavy atom. The molecule has 0 spiro atoms. The molecule has 0 aliphatic rings. The van der Waals surface area contributed by atoms with E-state index in [1.807, 2.05) is 31.2 Å². The van der Waals surface area contributed by atoms with Crippen molar-refractivity contribution < 1.29 is 14.3 Å². The predicted octanol–water partition coefficient (Wildman–Crippen LogP) is 1.91. The van der Waals surface area contributed by atoms with Crippen molar-refractivity contribution in [2.75, 3.05) is 18.1 Å². The molecule has 0 aliphatic heterocycles. The summed E-state index contributed by atoms with van der Waals surface area (Å²) in [5.41, 5.74) is 1.69. The van der Waals surface area contributed by atoms with Gasteiger partial charge in [0.15, 0.2) is 0 Å².